The van der Waals surface area contributed by atoms with Crippen LogP contribution in [0, 0.1) is 21.4 Å². The quantitative estimate of drug-likeness (QED) is 0.684. The molecule has 7 heteroatoms. The van der Waals surface area contributed by atoms with E-state index in [0.29, 0.717) is 22.1 Å². The van der Waals surface area contributed by atoms with Gasteiger partial charge in [-0.1, -0.05) is 11.6 Å². The van der Waals surface area contributed by atoms with E-state index in [4.69, 9.17) is 21.6 Å². The van der Waals surface area contributed by atoms with Crippen molar-refractivity contribution in [3.05, 3.63) is 57.1 Å². The molecule has 0 aliphatic heterocycles. The summed E-state index contributed by atoms with van der Waals surface area (Å²) in [6.07, 6.45) is 0. The van der Waals surface area contributed by atoms with Crippen LogP contribution in [0.4, 0.5) is 17.1 Å². The third kappa shape index (κ3) is 3.22. The number of methoxy groups -OCH3 is 1. The van der Waals surface area contributed by atoms with Crippen LogP contribution >= 0.6 is 11.6 Å². The minimum Gasteiger partial charge on any atom is -0.497 e. The number of rotatable bonds is 4. The maximum absolute atomic E-state index is 10.7. The van der Waals surface area contributed by atoms with Crippen LogP contribution in [0.2, 0.25) is 5.02 Å². The summed E-state index contributed by atoms with van der Waals surface area (Å²) < 4.78 is 5.10. The molecule has 0 fully saturated rings. The zero-order valence-corrected chi connectivity index (χ0v) is 11.7. The molecule has 0 amide bonds. The fraction of sp³-hybridized carbons (Fsp3) is 0.0714. The predicted molar refractivity (Wildman–Crippen MR) is 79.1 cm³/mol. The molecule has 0 unspecified atom stereocenters. The van der Waals surface area contributed by atoms with E-state index in [1.54, 1.807) is 18.2 Å². The molecule has 2 aromatic rings. The number of nitrogens with zero attached hydrogens (tertiary/aromatic N) is 2. The molecular formula is C14H10ClN3O3. The van der Waals surface area contributed by atoms with Gasteiger partial charge in [-0.15, -0.1) is 0 Å². The van der Waals surface area contributed by atoms with Crippen LogP contribution in [0.3, 0.4) is 0 Å². The van der Waals surface area contributed by atoms with Crippen molar-refractivity contribution in [1.29, 1.82) is 5.26 Å². The first-order valence-corrected chi connectivity index (χ1v) is 6.22. The largest absolute Gasteiger partial charge is 0.497 e. The first-order chi connectivity index (χ1) is 10.0. The molecule has 0 saturated carbocycles. The fourth-order valence-corrected chi connectivity index (χ4v) is 1.88. The molecule has 0 aliphatic carbocycles. The lowest BCUT2D eigenvalue weighted by Gasteiger charge is -2.11. The van der Waals surface area contributed by atoms with Gasteiger partial charge in [0.15, 0.2) is 0 Å². The highest BCUT2D eigenvalue weighted by atomic mass is 35.5. The van der Waals surface area contributed by atoms with E-state index in [1.807, 2.05) is 6.07 Å². The van der Waals surface area contributed by atoms with Crippen LogP contribution in [0.15, 0.2) is 36.4 Å². The zero-order valence-electron chi connectivity index (χ0n) is 11.0. The first kappa shape index (κ1) is 14.6. The van der Waals surface area contributed by atoms with Gasteiger partial charge in [0.25, 0.3) is 5.69 Å². The maximum Gasteiger partial charge on any atom is 0.270 e. The molecule has 1 N–H and O–H groups in total. The van der Waals surface area contributed by atoms with E-state index in [-0.39, 0.29) is 11.3 Å². The van der Waals surface area contributed by atoms with Gasteiger partial charge in [0.2, 0.25) is 0 Å². The Morgan fingerprint density at radius 2 is 2.05 bits per heavy atom. The average Bonchev–Trinajstić information content (AvgIpc) is 2.49. The standard InChI is InChI=1S/C14H10ClN3O3/c1-21-11-3-4-12(15)14(7-11)17-13-5-2-10(18(19)20)6-9(13)8-16/h2-7,17H,1H3. The number of nitro groups is 1. The molecule has 0 radical (unpaired) electrons. The summed E-state index contributed by atoms with van der Waals surface area (Å²) in [5, 5.41) is 23.2. The van der Waals surface area contributed by atoms with Crippen LogP contribution in [-0.2, 0) is 0 Å². The number of nitrogens with one attached hydrogen (secondary N) is 1. The van der Waals surface area contributed by atoms with Crippen molar-refractivity contribution >= 4 is 28.7 Å². The lowest BCUT2D eigenvalue weighted by Crippen LogP contribution is -1.97. The van der Waals surface area contributed by atoms with E-state index in [1.165, 1.54) is 25.3 Å². The van der Waals surface area contributed by atoms with Crippen LogP contribution in [0.25, 0.3) is 0 Å². The van der Waals surface area contributed by atoms with Crippen molar-refractivity contribution in [3.8, 4) is 11.8 Å². The predicted octanol–water partition coefficient (Wildman–Crippen LogP) is 3.87. The molecule has 106 valence electrons. The molecule has 2 aromatic carbocycles. The Morgan fingerprint density at radius 3 is 2.67 bits per heavy atom. The molecular weight excluding hydrogens is 294 g/mol. The summed E-state index contributed by atoms with van der Waals surface area (Å²) in [5.74, 6) is 0.599. The molecule has 0 bridgehead atoms. The van der Waals surface area contributed by atoms with Gasteiger partial charge in [-0.05, 0) is 18.2 Å². The van der Waals surface area contributed by atoms with Crippen molar-refractivity contribution in [1.82, 2.24) is 0 Å². The third-order valence-electron chi connectivity index (χ3n) is 2.78. The number of nitriles is 1. The normalized spacial score (nSPS) is 9.76. The molecule has 0 saturated heterocycles. The third-order valence-corrected chi connectivity index (χ3v) is 3.11. The van der Waals surface area contributed by atoms with Crippen molar-refractivity contribution in [2.24, 2.45) is 0 Å². The van der Waals surface area contributed by atoms with Crippen molar-refractivity contribution in [2.75, 3.05) is 12.4 Å². The SMILES string of the molecule is COc1ccc(Cl)c(Nc2ccc([N+](=O)[O-])cc2C#N)c1. The molecule has 6 nitrogen and oxygen atoms in total. The van der Waals surface area contributed by atoms with E-state index in [2.05, 4.69) is 5.32 Å². The summed E-state index contributed by atoms with van der Waals surface area (Å²) in [6, 6.07) is 10.9. The van der Waals surface area contributed by atoms with Gasteiger partial charge in [0.1, 0.15) is 11.8 Å². The second kappa shape index (κ2) is 6.11. The maximum atomic E-state index is 10.7. The second-order valence-electron chi connectivity index (χ2n) is 4.07. The second-order valence-corrected chi connectivity index (χ2v) is 4.48. The molecule has 0 heterocycles. The zero-order chi connectivity index (χ0) is 15.4. The van der Waals surface area contributed by atoms with Crippen LogP contribution in [0.5, 0.6) is 5.75 Å². The topological polar surface area (TPSA) is 88.2 Å². The van der Waals surface area contributed by atoms with Gasteiger partial charge in [0.05, 0.1) is 34.0 Å². The molecule has 0 aromatic heterocycles. The van der Waals surface area contributed by atoms with Crippen LogP contribution < -0.4 is 10.1 Å². The molecule has 0 aliphatic rings. The van der Waals surface area contributed by atoms with E-state index in [0.717, 1.165) is 0 Å². The van der Waals surface area contributed by atoms with E-state index in [9.17, 15) is 10.1 Å². The Hall–Kier alpha value is -2.78. The Bertz CT molecular complexity index is 741. The Kier molecular flexibility index (Phi) is 4.26. The Morgan fingerprint density at radius 1 is 1.29 bits per heavy atom. The monoisotopic (exact) mass is 303 g/mol. The summed E-state index contributed by atoms with van der Waals surface area (Å²) in [4.78, 5) is 10.2. The highest BCUT2D eigenvalue weighted by Crippen LogP contribution is 2.31. The van der Waals surface area contributed by atoms with Gasteiger partial charge in [-0.3, -0.25) is 10.1 Å². The number of non-ortho nitro benzene ring substituents is 1. The molecule has 0 spiro atoms. The smallest absolute Gasteiger partial charge is 0.270 e. The van der Waals surface area contributed by atoms with Gasteiger partial charge in [-0.2, -0.15) is 5.26 Å². The van der Waals surface area contributed by atoms with Crippen molar-refractivity contribution in [3.63, 3.8) is 0 Å². The number of hydrogen-bond acceptors (Lipinski definition) is 5. The number of nitro benzene ring substituents is 1. The summed E-state index contributed by atoms with van der Waals surface area (Å²) in [6.45, 7) is 0. The van der Waals surface area contributed by atoms with Crippen LogP contribution in [0.1, 0.15) is 5.56 Å². The first-order valence-electron chi connectivity index (χ1n) is 5.84. The minimum atomic E-state index is -0.552. The number of hydrogen-bond donors (Lipinski definition) is 1. The lowest BCUT2D eigenvalue weighted by molar-refractivity contribution is -0.384. The highest BCUT2D eigenvalue weighted by molar-refractivity contribution is 6.33. The Balaban J connectivity index is 2.40. The minimum absolute atomic E-state index is 0.145. The summed E-state index contributed by atoms with van der Waals surface area (Å²) >= 11 is 6.07. The van der Waals surface area contributed by atoms with Crippen molar-refractivity contribution in [2.45, 2.75) is 0 Å². The summed E-state index contributed by atoms with van der Waals surface area (Å²) in [5.41, 5.74) is 0.983. The van der Waals surface area contributed by atoms with Gasteiger partial charge < -0.3 is 10.1 Å². The number of ether oxygens (including phenoxy) is 1. The van der Waals surface area contributed by atoms with E-state index >= 15 is 0 Å². The van der Waals surface area contributed by atoms with Crippen molar-refractivity contribution < 1.29 is 9.66 Å². The highest BCUT2D eigenvalue weighted by Gasteiger charge is 2.12. The number of benzene rings is 2. The van der Waals surface area contributed by atoms with E-state index < -0.39 is 4.92 Å². The number of anilines is 2. The van der Waals surface area contributed by atoms with Crippen LogP contribution in [-0.4, -0.2) is 12.0 Å². The summed E-state index contributed by atoms with van der Waals surface area (Å²) in [7, 11) is 1.53. The van der Waals surface area contributed by atoms with Gasteiger partial charge in [0, 0.05) is 18.2 Å². The average molecular weight is 304 g/mol. The fourth-order valence-electron chi connectivity index (χ4n) is 1.72. The molecule has 21 heavy (non-hydrogen) atoms. The molecule has 0 atom stereocenters. The lowest BCUT2D eigenvalue weighted by atomic mass is 10.1. The Labute approximate surface area is 125 Å². The van der Waals surface area contributed by atoms with Gasteiger partial charge >= 0.3 is 0 Å². The number of halogens is 1. The molecule has 2 rings (SSSR count). The van der Waals surface area contributed by atoms with Gasteiger partial charge in [-0.25, -0.2) is 0 Å².